The van der Waals surface area contributed by atoms with Gasteiger partial charge in [0.2, 0.25) is 5.91 Å². The monoisotopic (exact) mass is 318 g/mol. The van der Waals surface area contributed by atoms with Crippen molar-refractivity contribution in [1.29, 1.82) is 0 Å². The summed E-state index contributed by atoms with van der Waals surface area (Å²) in [5, 5.41) is 0. The Morgan fingerprint density at radius 2 is 1.96 bits per heavy atom. The van der Waals surface area contributed by atoms with Crippen molar-refractivity contribution in [3.8, 4) is 5.75 Å². The molecule has 0 aromatic heterocycles. The minimum absolute atomic E-state index is 0.0565. The molecule has 2 saturated heterocycles. The first kappa shape index (κ1) is 16.3. The number of para-hydroxylation sites is 1. The van der Waals surface area contributed by atoms with Gasteiger partial charge in [-0.25, -0.2) is 0 Å². The summed E-state index contributed by atoms with van der Waals surface area (Å²) >= 11 is 0. The first-order chi connectivity index (χ1) is 11.2. The van der Waals surface area contributed by atoms with Gasteiger partial charge in [0, 0.05) is 44.7 Å². The van der Waals surface area contributed by atoms with E-state index in [0.29, 0.717) is 12.5 Å². The molecule has 0 bridgehead atoms. The van der Waals surface area contributed by atoms with E-state index in [1.807, 2.05) is 30.3 Å². The van der Waals surface area contributed by atoms with Crippen molar-refractivity contribution in [1.82, 2.24) is 4.90 Å². The van der Waals surface area contributed by atoms with Crippen molar-refractivity contribution in [2.24, 2.45) is 11.7 Å². The molecule has 23 heavy (non-hydrogen) atoms. The molecule has 1 aromatic carbocycles. The second-order valence-electron chi connectivity index (χ2n) is 6.53. The Balaban J connectivity index is 1.64. The van der Waals surface area contributed by atoms with Crippen LogP contribution >= 0.6 is 0 Å². The molecule has 0 radical (unpaired) electrons. The predicted molar refractivity (Wildman–Crippen MR) is 88.2 cm³/mol. The lowest BCUT2D eigenvalue weighted by Crippen LogP contribution is -2.51. The highest BCUT2D eigenvalue weighted by Gasteiger charge is 2.35. The van der Waals surface area contributed by atoms with Crippen molar-refractivity contribution < 1.29 is 14.3 Å². The van der Waals surface area contributed by atoms with Crippen LogP contribution in [0.4, 0.5) is 0 Å². The number of ether oxygens (including phenoxy) is 2. The summed E-state index contributed by atoms with van der Waals surface area (Å²) in [6, 6.07) is 10.4. The number of hydrogen-bond acceptors (Lipinski definition) is 4. The lowest BCUT2D eigenvalue weighted by Gasteiger charge is -2.43. The van der Waals surface area contributed by atoms with Crippen LogP contribution in [0.25, 0.3) is 0 Å². The molecule has 0 saturated carbocycles. The third kappa shape index (κ3) is 4.45. The highest BCUT2D eigenvalue weighted by Crippen LogP contribution is 2.28. The quantitative estimate of drug-likeness (QED) is 0.899. The SMILES string of the molecule is NC(=O)C[C@@H]1CN(C2CCOCC2)CC[C@H]1Oc1ccccc1. The number of hydrogen-bond donors (Lipinski definition) is 1. The van der Waals surface area contributed by atoms with Gasteiger partial charge in [-0.05, 0) is 31.4 Å². The molecule has 1 amide bonds. The van der Waals surface area contributed by atoms with Crippen LogP contribution in [0.2, 0.25) is 0 Å². The molecule has 2 N–H and O–H groups in total. The fourth-order valence-corrected chi connectivity index (χ4v) is 3.70. The fraction of sp³-hybridized carbons (Fsp3) is 0.611. The van der Waals surface area contributed by atoms with E-state index in [1.54, 1.807) is 0 Å². The van der Waals surface area contributed by atoms with Gasteiger partial charge in [0.25, 0.3) is 0 Å². The number of piperidine rings is 1. The molecule has 0 aliphatic carbocycles. The van der Waals surface area contributed by atoms with E-state index in [2.05, 4.69) is 4.90 Å². The number of carbonyl (C=O) groups is 1. The first-order valence-corrected chi connectivity index (χ1v) is 8.54. The van der Waals surface area contributed by atoms with E-state index >= 15 is 0 Å². The maximum Gasteiger partial charge on any atom is 0.217 e. The zero-order valence-electron chi connectivity index (χ0n) is 13.5. The first-order valence-electron chi connectivity index (χ1n) is 8.54. The maximum absolute atomic E-state index is 11.5. The molecule has 2 atom stereocenters. The van der Waals surface area contributed by atoms with Gasteiger partial charge < -0.3 is 15.2 Å². The van der Waals surface area contributed by atoms with Crippen molar-refractivity contribution in [2.45, 2.75) is 37.8 Å². The smallest absolute Gasteiger partial charge is 0.217 e. The zero-order valence-corrected chi connectivity index (χ0v) is 13.5. The minimum atomic E-state index is -0.245. The molecule has 2 heterocycles. The van der Waals surface area contributed by atoms with E-state index in [1.165, 1.54) is 0 Å². The normalized spacial score (nSPS) is 26.8. The molecule has 0 spiro atoms. The average molecular weight is 318 g/mol. The molecule has 2 fully saturated rings. The molecule has 2 aliphatic heterocycles. The second kappa shape index (κ2) is 7.79. The van der Waals surface area contributed by atoms with Crippen LogP contribution < -0.4 is 10.5 Å². The van der Waals surface area contributed by atoms with E-state index in [0.717, 1.165) is 51.3 Å². The number of carbonyl (C=O) groups excluding carboxylic acids is 1. The van der Waals surface area contributed by atoms with Gasteiger partial charge in [-0.1, -0.05) is 18.2 Å². The van der Waals surface area contributed by atoms with Gasteiger partial charge in [0.1, 0.15) is 11.9 Å². The molecule has 1 aromatic rings. The fourth-order valence-electron chi connectivity index (χ4n) is 3.70. The Morgan fingerprint density at radius 3 is 2.65 bits per heavy atom. The lowest BCUT2D eigenvalue weighted by atomic mass is 9.89. The minimum Gasteiger partial charge on any atom is -0.490 e. The Hall–Kier alpha value is -1.59. The Morgan fingerprint density at radius 1 is 1.22 bits per heavy atom. The number of benzene rings is 1. The van der Waals surface area contributed by atoms with E-state index in [4.69, 9.17) is 15.2 Å². The van der Waals surface area contributed by atoms with Crippen LogP contribution in [0, 0.1) is 5.92 Å². The highest BCUT2D eigenvalue weighted by molar-refractivity contribution is 5.74. The number of nitrogens with two attached hydrogens (primary N) is 1. The molecule has 3 rings (SSSR count). The predicted octanol–water partition coefficient (Wildman–Crippen LogP) is 1.81. The number of primary amides is 1. The van der Waals surface area contributed by atoms with Crippen molar-refractivity contribution >= 4 is 5.91 Å². The number of rotatable bonds is 5. The Labute approximate surface area is 137 Å². The summed E-state index contributed by atoms with van der Waals surface area (Å²) in [6.45, 7) is 3.57. The summed E-state index contributed by atoms with van der Waals surface area (Å²) in [5.74, 6) is 0.779. The summed E-state index contributed by atoms with van der Waals surface area (Å²) in [6.07, 6.45) is 3.53. The van der Waals surface area contributed by atoms with Crippen LogP contribution in [0.1, 0.15) is 25.7 Å². The summed E-state index contributed by atoms with van der Waals surface area (Å²) in [7, 11) is 0. The van der Waals surface area contributed by atoms with Gasteiger partial charge in [-0.2, -0.15) is 0 Å². The Bertz CT molecular complexity index is 502. The molecule has 5 heteroatoms. The standard InChI is InChI=1S/C18H26N2O3/c19-18(21)12-14-13-20(15-7-10-22-11-8-15)9-6-17(14)23-16-4-2-1-3-5-16/h1-5,14-15,17H,6-13H2,(H2,19,21)/t14-,17-/m1/s1. The lowest BCUT2D eigenvalue weighted by molar-refractivity contribution is -0.120. The summed E-state index contributed by atoms with van der Waals surface area (Å²) in [5.41, 5.74) is 5.47. The molecular formula is C18H26N2O3. The van der Waals surface area contributed by atoms with Crippen LogP contribution in [-0.2, 0) is 9.53 Å². The van der Waals surface area contributed by atoms with E-state index in [-0.39, 0.29) is 17.9 Å². The van der Waals surface area contributed by atoms with Crippen molar-refractivity contribution in [3.05, 3.63) is 30.3 Å². The van der Waals surface area contributed by atoms with Crippen molar-refractivity contribution in [2.75, 3.05) is 26.3 Å². The maximum atomic E-state index is 11.5. The van der Waals surface area contributed by atoms with Crippen LogP contribution in [0.5, 0.6) is 5.75 Å². The van der Waals surface area contributed by atoms with Crippen LogP contribution in [0.15, 0.2) is 30.3 Å². The van der Waals surface area contributed by atoms with Gasteiger partial charge in [0.05, 0.1) is 0 Å². The number of amides is 1. The van der Waals surface area contributed by atoms with Gasteiger partial charge in [0.15, 0.2) is 0 Å². The molecule has 2 aliphatic rings. The van der Waals surface area contributed by atoms with Gasteiger partial charge >= 0.3 is 0 Å². The third-order valence-electron chi connectivity index (χ3n) is 4.90. The van der Waals surface area contributed by atoms with Crippen LogP contribution in [0.3, 0.4) is 0 Å². The molecular weight excluding hydrogens is 292 g/mol. The van der Waals surface area contributed by atoms with E-state index in [9.17, 15) is 4.79 Å². The van der Waals surface area contributed by atoms with Crippen molar-refractivity contribution in [3.63, 3.8) is 0 Å². The molecule has 126 valence electrons. The summed E-state index contributed by atoms with van der Waals surface area (Å²) in [4.78, 5) is 14.0. The summed E-state index contributed by atoms with van der Waals surface area (Å²) < 4.78 is 11.6. The highest BCUT2D eigenvalue weighted by atomic mass is 16.5. The zero-order chi connectivity index (χ0) is 16.1. The Kier molecular flexibility index (Phi) is 5.51. The van der Waals surface area contributed by atoms with Gasteiger partial charge in [-0.15, -0.1) is 0 Å². The topological polar surface area (TPSA) is 64.8 Å². The third-order valence-corrected chi connectivity index (χ3v) is 4.90. The van der Waals surface area contributed by atoms with Crippen LogP contribution in [-0.4, -0.2) is 49.3 Å². The van der Waals surface area contributed by atoms with E-state index < -0.39 is 0 Å². The largest absolute Gasteiger partial charge is 0.490 e. The second-order valence-corrected chi connectivity index (χ2v) is 6.53. The molecule has 0 unspecified atom stereocenters. The average Bonchev–Trinajstić information content (AvgIpc) is 2.58. The number of likely N-dealkylation sites (tertiary alicyclic amines) is 1. The number of nitrogens with zero attached hydrogens (tertiary/aromatic N) is 1. The molecule has 5 nitrogen and oxygen atoms in total. The van der Waals surface area contributed by atoms with Gasteiger partial charge in [-0.3, -0.25) is 9.69 Å².